The zero-order chi connectivity index (χ0) is 23.7. The predicted octanol–water partition coefficient (Wildman–Crippen LogP) is 3.58. The van der Waals surface area contributed by atoms with Gasteiger partial charge in [0.25, 0.3) is 5.91 Å². The summed E-state index contributed by atoms with van der Waals surface area (Å²) in [5, 5.41) is 9.18. The Kier molecular flexibility index (Phi) is 6.75. The molecule has 1 unspecified atom stereocenters. The van der Waals surface area contributed by atoms with Gasteiger partial charge in [-0.1, -0.05) is 0 Å². The maximum atomic E-state index is 14.0. The molecule has 2 heterocycles. The molecule has 1 aromatic heterocycles. The molecule has 0 aliphatic carbocycles. The number of methoxy groups -OCH3 is 2. The van der Waals surface area contributed by atoms with Crippen LogP contribution in [0.15, 0.2) is 30.5 Å². The number of aromatic nitrogens is 2. The van der Waals surface area contributed by atoms with Gasteiger partial charge in [0.15, 0.2) is 23.0 Å². The van der Waals surface area contributed by atoms with Gasteiger partial charge in [-0.05, 0) is 61.8 Å². The van der Waals surface area contributed by atoms with Crippen LogP contribution >= 0.6 is 22.6 Å². The average Bonchev–Trinajstić information content (AvgIpc) is 3.24. The summed E-state index contributed by atoms with van der Waals surface area (Å²) in [5.74, 6) is 2.10. The summed E-state index contributed by atoms with van der Waals surface area (Å²) in [4.78, 5) is 17.8. The Morgan fingerprint density at radius 3 is 2.45 bits per heavy atom. The van der Waals surface area contributed by atoms with Crippen LogP contribution in [0.25, 0.3) is 10.9 Å². The lowest BCUT2D eigenvalue weighted by molar-refractivity contribution is 0.0973. The van der Waals surface area contributed by atoms with E-state index in [2.05, 4.69) is 32.8 Å². The van der Waals surface area contributed by atoms with E-state index in [4.69, 9.17) is 18.9 Å². The first kappa shape index (κ1) is 23.3. The van der Waals surface area contributed by atoms with Crippen LogP contribution in [-0.2, 0) is 0 Å². The van der Waals surface area contributed by atoms with Gasteiger partial charge in [0.1, 0.15) is 0 Å². The fraction of sp³-hybridized carbons (Fsp3) is 0.348. The van der Waals surface area contributed by atoms with Crippen molar-refractivity contribution >= 4 is 45.1 Å². The first-order chi connectivity index (χ1) is 15.8. The van der Waals surface area contributed by atoms with Crippen molar-refractivity contribution in [1.29, 1.82) is 0 Å². The molecule has 1 amide bonds. The SMILES string of the molecule is COc1cc(I)c(C(=O)N(c2cnnc3cc4c(cc23)OCO4)C(C)CN(C)C)cc1OC. The first-order valence-electron chi connectivity index (χ1n) is 10.3. The van der Waals surface area contributed by atoms with E-state index in [1.165, 1.54) is 0 Å². The van der Waals surface area contributed by atoms with Crippen LogP contribution in [0.1, 0.15) is 17.3 Å². The summed E-state index contributed by atoms with van der Waals surface area (Å²) >= 11 is 2.14. The van der Waals surface area contributed by atoms with Gasteiger partial charge in [-0.3, -0.25) is 4.79 Å². The van der Waals surface area contributed by atoms with Gasteiger partial charge in [-0.2, -0.15) is 10.2 Å². The Labute approximate surface area is 205 Å². The summed E-state index contributed by atoms with van der Waals surface area (Å²) in [6.07, 6.45) is 1.61. The number of carbonyl (C=O) groups excluding carboxylic acids is 1. The molecule has 0 saturated heterocycles. The van der Waals surface area contributed by atoms with E-state index < -0.39 is 0 Å². The van der Waals surface area contributed by atoms with E-state index in [1.54, 1.807) is 43.5 Å². The van der Waals surface area contributed by atoms with Gasteiger partial charge in [0.2, 0.25) is 6.79 Å². The largest absolute Gasteiger partial charge is 0.493 e. The van der Waals surface area contributed by atoms with Gasteiger partial charge in [-0.15, -0.1) is 0 Å². The molecule has 3 aromatic rings. The normalized spacial score (nSPS) is 13.3. The molecular formula is C23H25IN4O5. The highest BCUT2D eigenvalue weighted by molar-refractivity contribution is 14.1. The molecule has 0 radical (unpaired) electrons. The van der Waals surface area contributed by atoms with Crippen molar-refractivity contribution in [3.05, 3.63) is 39.6 Å². The number of hydrogen-bond acceptors (Lipinski definition) is 8. The average molecular weight is 564 g/mol. The molecule has 0 N–H and O–H groups in total. The second-order valence-corrected chi connectivity index (χ2v) is 9.09. The number of fused-ring (bicyclic) bond motifs is 2. The molecule has 1 aliphatic rings. The minimum atomic E-state index is -0.179. The molecule has 0 saturated carbocycles. The Morgan fingerprint density at radius 1 is 1.12 bits per heavy atom. The van der Waals surface area contributed by atoms with Crippen molar-refractivity contribution in [2.45, 2.75) is 13.0 Å². The monoisotopic (exact) mass is 564 g/mol. The highest BCUT2D eigenvalue weighted by atomic mass is 127. The van der Waals surface area contributed by atoms with Gasteiger partial charge >= 0.3 is 0 Å². The van der Waals surface area contributed by atoms with Gasteiger partial charge in [-0.25, -0.2) is 0 Å². The Morgan fingerprint density at radius 2 is 1.79 bits per heavy atom. The van der Waals surface area contributed by atoms with Crippen LogP contribution in [0.3, 0.4) is 0 Å². The molecule has 1 aliphatic heterocycles. The molecule has 33 heavy (non-hydrogen) atoms. The van der Waals surface area contributed by atoms with Crippen LogP contribution in [-0.4, -0.2) is 68.7 Å². The zero-order valence-electron chi connectivity index (χ0n) is 19.1. The first-order valence-corrected chi connectivity index (χ1v) is 11.4. The third-order valence-electron chi connectivity index (χ3n) is 5.36. The fourth-order valence-electron chi connectivity index (χ4n) is 3.93. The Hall–Kier alpha value is -2.86. The predicted molar refractivity (Wildman–Crippen MR) is 133 cm³/mol. The van der Waals surface area contributed by atoms with E-state index in [1.807, 2.05) is 32.0 Å². The number of carbonyl (C=O) groups is 1. The number of amides is 1. The van der Waals surface area contributed by atoms with Gasteiger partial charge in [0, 0.05) is 27.6 Å². The van der Waals surface area contributed by atoms with Crippen molar-refractivity contribution in [3.8, 4) is 23.0 Å². The molecule has 174 valence electrons. The van der Waals surface area contributed by atoms with E-state index in [0.717, 1.165) is 8.96 Å². The number of benzene rings is 2. The molecule has 9 nitrogen and oxygen atoms in total. The smallest absolute Gasteiger partial charge is 0.259 e. The fourth-order valence-corrected chi connectivity index (χ4v) is 4.60. The van der Waals surface area contributed by atoms with Crippen molar-refractivity contribution in [2.24, 2.45) is 0 Å². The maximum absolute atomic E-state index is 14.0. The molecule has 2 aromatic carbocycles. The summed E-state index contributed by atoms with van der Waals surface area (Å²) in [5.41, 5.74) is 1.77. The highest BCUT2D eigenvalue weighted by Crippen LogP contribution is 2.39. The van der Waals surface area contributed by atoms with Gasteiger partial charge < -0.3 is 28.7 Å². The number of ether oxygens (including phenoxy) is 4. The number of nitrogens with zero attached hydrogens (tertiary/aromatic N) is 4. The third kappa shape index (κ3) is 4.49. The van der Waals surface area contributed by atoms with Crippen molar-refractivity contribution in [3.63, 3.8) is 0 Å². The number of hydrogen-bond donors (Lipinski definition) is 0. The zero-order valence-corrected chi connectivity index (χ0v) is 21.2. The van der Waals surface area contributed by atoms with Crippen molar-refractivity contribution in [1.82, 2.24) is 15.1 Å². The maximum Gasteiger partial charge on any atom is 0.259 e. The Balaban J connectivity index is 1.88. The molecule has 0 spiro atoms. The number of halogens is 1. The second kappa shape index (κ2) is 9.56. The van der Waals surface area contributed by atoms with E-state index in [-0.39, 0.29) is 18.7 Å². The minimum absolute atomic E-state index is 0.151. The van der Waals surface area contributed by atoms with Crippen LogP contribution in [0.5, 0.6) is 23.0 Å². The van der Waals surface area contributed by atoms with Crippen LogP contribution in [0.2, 0.25) is 0 Å². The van der Waals surface area contributed by atoms with Gasteiger partial charge in [0.05, 0.1) is 37.2 Å². The van der Waals surface area contributed by atoms with Crippen molar-refractivity contribution < 1.29 is 23.7 Å². The van der Waals surface area contributed by atoms with E-state index in [0.29, 0.717) is 46.3 Å². The highest BCUT2D eigenvalue weighted by Gasteiger charge is 2.29. The number of likely N-dealkylation sites (N-methyl/N-ethyl adjacent to an activating group) is 1. The molecule has 1 atom stereocenters. The van der Waals surface area contributed by atoms with Crippen LogP contribution in [0.4, 0.5) is 5.69 Å². The quantitative estimate of drug-likeness (QED) is 0.403. The van der Waals surface area contributed by atoms with Crippen LogP contribution < -0.4 is 23.8 Å². The van der Waals surface area contributed by atoms with Crippen LogP contribution in [0, 0.1) is 3.57 Å². The summed E-state index contributed by atoms with van der Waals surface area (Å²) in [6, 6.07) is 6.97. The molecule has 4 rings (SSSR count). The van der Waals surface area contributed by atoms with E-state index >= 15 is 0 Å². The minimum Gasteiger partial charge on any atom is -0.493 e. The molecular weight excluding hydrogens is 539 g/mol. The number of rotatable bonds is 7. The lowest BCUT2D eigenvalue weighted by Gasteiger charge is -2.32. The Bertz CT molecular complexity index is 1200. The summed E-state index contributed by atoms with van der Waals surface area (Å²) in [6.45, 7) is 2.80. The topological polar surface area (TPSA) is 86.2 Å². The lowest BCUT2D eigenvalue weighted by atomic mass is 10.1. The van der Waals surface area contributed by atoms with E-state index in [9.17, 15) is 4.79 Å². The summed E-state index contributed by atoms with van der Waals surface area (Å²) < 4.78 is 22.7. The second-order valence-electron chi connectivity index (χ2n) is 7.93. The third-order valence-corrected chi connectivity index (χ3v) is 6.26. The van der Waals surface area contributed by atoms with Crippen molar-refractivity contribution in [2.75, 3.05) is 46.6 Å². The lowest BCUT2D eigenvalue weighted by Crippen LogP contribution is -2.44. The molecule has 0 bridgehead atoms. The standard InChI is InChI=1S/C23H25IN4O5/c1-13(11-27(2)3)28(23(29)14-6-19(30-4)20(31-5)8-16(14)24)18-10-25-26-17-9-22-21(7-15(17)18)32-12-33-22/h6-10,13H,11-12H2,1-5H3. The summed E-state index contributed by atoms with van der Waals surface area (Å²) in [7, 11) is 7.06. The number of anilines is 1. The molecule has 10 heteroatoms. The molecule has 0 fully saturated rings.